The molecule has 0 radical (unpaired) electrons. The van der Waals surface area contributed by atoms with E-state index in [1.807, 2.05) is 0 Å². The number of hydrogen-bond acceptors (Lipinski definition) is 3. The fourth-order valence-corrected chi connectivity index (χ4v) is 3.13. The first-order valence-electron chi connectivity index (χ1n) is 6.95. The van der Waals surface area contributed by atoms with Crippen LogP contribution in [-0.2, 0) is 9.53 Å². The quantitative estimate of drug-likeness (QED) is 0.898. The smallest absolute Gasteiger partial charge is 0.326 e. The van der Waals surface area contributed by atoms with Crippen LogP contribution in [-0.4, -0.2) is 52.7 Å². The number of aromatic nitrogens is 1. The summed E-state index contributed by atoms with van der Waals surface area (Å²) in [6.07, 6.45) is -0.134. The van der Waals surface area contributed by atoms with Gasteiger partial charge >= 0.3 is 5.97 Å². The van der Waals surface area contributed by atoms with E-state index in [2.05, 4.69) is 4.98 Å². The van der Waals surface area contributed by atoms with Gasteiger partial charge in [0.15, 0.2) is 0 Å². The van der Waals surface area contributed by atoms with Gasteiger partial charge in [-0.2, -0.15) is 0 Å². The molecule has 1 aromatic heterocycles. The van der Waals surface area contributed by atoms with Crippen molar-refractivity contribution in [3.63, 3.8) is 0 Å². The summed E-state index contributed by atoms with van der Waals surface area (Å²) in [5.74, 6) is -2.11. The fraction of sp³-hybridized carbons (Fsp3) is 0.333. The van der Waals surface area contributed by atoms with Crippen molar-refractivity contribution in [2.45, 2.75) is 18.6 Å². The molecule has 1 aromatic carbocycles. The molecule has 1 aliphatic heterocycles. The Balaban J connectivity index is 1.99. The highest BCUT2D eigenvalue weighted by Crippen LogP contribution is 2.31. The molecule has 1 amide bonds. The van der Waals surface area contributed by atoms with E-state index >= 15 is 0 Å². The Morgan fingerprint density at radius 2 is 2.22 bits per heavy atom. The summed E-state index contributed by atoms with van der Waals surface area (Å²) in [4.78, 5) is 28.1. The number of nitrogens with zero attached hydrogens (tertiary/aromatic N) is 1. The first-order chi connectivity index (χ1) is 10.9. The van der Waals surface area contributed by atoms with E-state index in [-0.39, 0.29) is 29.8 Å². The molecule has 3 rings (SSSR count). The predicted molar refractivity (Wildman–Crippen MR) is 81.1 cm³/mol. The number of carbonyl (C=O) groups excluding carboxylic acids is 1. The molecule has 1 fully saturated rings. The van der Waals surface area contributed by atoms with Crippen molar-refractivity contribution < 1.29 is 23.8 Å². The summed E-state index contributed by atoms with van der Waals surface area (Å²) in [7, 11) is 1.47. The highest BCUT2D eigenvalue weighted by molar-refractivity contribution is 6.38. The third-order valence-corrected chi connectivity index (χ3v) is 4.45. The Morgan fingerprint density at radius 3 is 2.87 bits per heavy atom. The minimum absolute atomic E-state index is 0.0512. The van der Waals surface area contributed by atoms with Crippen molar-refractivity contribution >= 4 is 34.4 Å². The highest BCUT2D eigenvalue weighted by Gasteiger charge is 2.41. The second kappa shape index (κ2) is 5.82. The monoisotopic (exact) mass is 340 g/mol. The minimum atomic E-state index is -1.10. The second-order valence-corrected chi connectivity index (χ2v) is 5.79. The standard InChI is InChI=1S/C15H14ClFN2O4/c1-23-8-5-11(15(21)22)19(6-8)14(20)13-12(16)9-4-7(17)2-3-10(9)18-13/h2-4,8,11,18H,5-6H2,1H3,(H,21,22). The number of likely N-dealkylation sites (tertiary alicyclic amines) is 1. The molecule has 0 spiro atoms. The van der Waals surface area contributed by atoms with Crippen LogP contribution in [0.4, 0.5) is 4.39 Å². The number of carboxylic acids is 1. The van der Waals surface area contributed by atoms with Crippen molar-refractivity contribution in [1.29, 1.82) is 0 Å². The van der Waals surface area contributed by atoms with Gasteiger partial charge in [-0.05, 0) is 18.2 Å². The van der Waals surface area contributed by atoms with Crippen molar-refractivity contribution in [1.82, 2.24) is 9.88 Å². The maximum absolute atomic E-state index is 13.3. The number of halogens is 2. The van der Waals surface area contributed by atoms with Crippen LogP contribution in [0.25, 0.3) is 10.9 Å². The molecule has 2 heterocycles. The van der Waals surface area contributed by atoms with E-state index in [9.17, 15) is 19.1 Å². The summed E-state index contributed by atoms with van der Waals surface area (Å²) in [6.45, 7) is 0.159. The number of H-pyrrole nitrogens is 1. The van der Waals surface area contributed by atoms with E-state index in [0.717, 1.165) is 0 Å². The van der Waals surface area contributed by atoms with Crippen LogP contribution in [0.2, 0.25) is 5.02 Å². The normalized spacial score (nSPS) is 21.1. The summed E-state index contributed by atoms with van der Waals surface area (Å²) >= 11 is 6.18. The van der Waals surface area contributed by atoms with Crippen molar-refractivity contribution in [2.24, 2.45) is 0 Å². The molecule has 0 aliphatic carbocycles. The van der Waals surface area contributed by atoms with Crippen LogP contribution in [0.3, 0.4) is 0 Å². The zero-order chi connectivity index (χ0) is 16.7. The summed E-state index contributed by atoms with van der Waals surface area (Å²) in [5.41, 5.74) is 0.560. The van der Waals surface area contributed by atoms with Crippen LogP contribution in [0.5, 0.6) is 0 Å². The fourth-order valence-electron chi connectivity index (χ4n) is 2.85. The first kappa shape index (κ1) is 15.8. The van der Waals surface area contributed by atoms with E-state index < -0.39 is 23.7 Å². The highest BCUT2D eigenvalue weighted by atomic mass is 35.5. The van der Waals surface area contributed by atoms with Gasteiger partial charge in [-0.15, -0.1) is 0 Å². The Hall–Kier alpha value is -2.12. The van der Waals surface area contributed by atoms with E-state index in [1.165, 1.54) is 30.2 Å². The molecule has 1 aliphatic rings. The number of fused-ring (bicyclic) bond motifs is 1. The van der Waals surface area contributed by atoms with Crippen molar-refractivity contribution in [3.05, 3.63) is 34.7 Å². The lowest BCUT2D eigenvalue weighted by Gasteiger charge is -2.20. The molecule has 2 aromatic rings. The molecule has 122 valence electrons. The third-order valence-electron chi connectivity index (χ3n) is 4.05. The SMILES string of the molecule is COC1CC(C(=O)O)N(C(=O)c2[nH]c3ccc(F)cc3c2Cl)C1. The second-order valence-electron chi connectivity index (χ2n) is 5.41. The Kier molecular flexibility index (Phi) is 3.99. The van der Waals surface area contributed by atoms with Gasteiger partial charge in [0.25, 0.3) is 5.91 Å². The molecule has 1 saturated heterocycles. The molecular formula is C15H14ClFN2O4. The average molecular weight is 341 g/mol. The number of aromatic amines is 1. The maximum Gasteiger partial charge on any atom is 0.326 e. The van der Waals surface area contributed by atoms with E-state index in [0.29, 0.717) is 10.9 Å². The average Bonchev–Trinajstić information content (AvgIpc) is 3.09. The number of carboxylic acid groups (broad SMARTS) is 1. The maximum atomic E-state index is 13.3. The van der Waals surface area contributed by atoms with Crippen LogP contribution in [0, 0.1) is 5.82 Å². The Bertz CT molecular complexity index is 791. The number of carbonyl (C=O) groups is 2. The summed E-state index contributed by atoms with van der Waals surface area (Å²) in [5, 5.41) is 9.75. The molecule has 8 heteroatoms. The molecule has 2 N–H and O–H groups in total. The van der Waals surface area contributed by atoms with Gasteiger partial charge in [-0.25, -0.2) is 9.18 Å². The lowest BCUT2D eigenvalue weighted by atomic mass is 10.2. The molecule has 2 atom stereocenters. The van der Waals surface area contributed by atoms with Crippen LogP contribution < -0.4 is 0 Å². The minimum Gasteiger partial charge on any atom is -0.480 e. The number of rotatable bonds is 3. The summed E-state index contributed by atoms with van der Waals surface area (Å²) in [6, 6.07) is 2.97. The van der Waals surface area contributed by atoms with Crippen LogP contribution in [0.15, 0.2) is 18.2 Å². The van der Waals surface area contributed by atoms with Gasteiger partial charge in [-0.1, -0.05) is 11.6 Å². The van der Waals surface area contributed by atoms with Gasteiger partial charge in [-0.3, -0.25) is 4.79 Å². The van der Waals surface area contributed by atoms with Gasteiger partial charge < -0.3 is 19.7 Å². The number of methoxy groups -OCH3 is 1. The molecule has 0 bridgehead atoms. The van der Waals surface area contributed by atoms with Crippen molar-refractivity contribution in [3.8, 4) is 0 Å². The van der Waals surface area contributed by atoms with Gasteiger partial charge in [0.2, 0.25) is 0 Å². The molecule has 2 unspecified atom stereocenters. The zero-order valence-corrected chi connectivity index (χ0v) is 12.9. The largest absolute Gasteiger partial charge is 0.480 e. The first-order valence-corrected chi connectivity index (χ1v) is 7.33. The molecule has 0 saturated carbocycles. The van der Waals surface area contributed by atoms with Crippen LogP contribution in [0.1, 0.15) is 16.9 Å². The number of hydrogen-bond donors (Lipinski definition) is 2. The number of ether oxygens (including phenoxy) is 1. The summed E-state index contributed by atoms with van der Waals surface area (Å²) < 4.78 is 18.5. The Labute approximate surface area is 135 Å². The molecule has 23 heavy (non-hydrogen) atoms. The van der Waals surface area contributed by atoms with Gasteiger partial charge in [0.05, 0.1) is 11.1 Å². The van der Waals surface area contributed by atoms with Crippen LogP contribution >= 0.6 is 11.6 Å². The number of benzene rings is 1. The van der Waals surface area contributed by atoms with E-state index in [1.54, 1.807) is 0 Å². The molecule has 6 nitrogen and oxygen atoms in total. The number of amides is 1. The Morgan fingerprint density at radius 1 is 1.48 bits per heavy atom. The lowest BCUT2D eigenvalue weighted by Crippen LogP contribution is -2.40. The predicted octanol–water partition coefficient (Wildman–Crippen LogP) is 2.27. The van der Waals surface area contributed by atoms with Gasteiger partial charge in [0.1, 0.15) is 17.6 Å². The molecular weight excluding hydrogens is 327 g/mol. The number of aliphatic carboxylic acids is 1. The third kappa shape index (κ3) is 2.66. The number of nitrogens with one attached hydrogen (secondary N) is 1. The van der Waals surface area contributed by atoms with Crippen molar-refractivity contribution in [2.75, 3.05) is 13.7 Å². The van der Waals surface area contributed by atoms with Gasteiger partial charge in [0, 0.05) is 31.0 Å². The topological polar surface area (TPSA) is 82.6 Å². The van der Waals surface area contributed by atoms with E-state index in [4.69, 9.17) is 16.3 Å². The lowest BCUT2D eigenvalue weighted by molar-refractivity contribution is -0.141. The zero-order valence-electron chi connectivity index (χ0n) is 12.2.